The zero-order chi connectivity index (χ0) is 14.2. The van der Waals surface area contributed by atoms with Crippen molar-refractivity contribution in [2.45, 2.75) is 19.4 Å². The van der Waals surface area contributed by atoms with Gasteiger partial charge in [0.05, 0.1) is 6.61 Å². The van der Waals surface area contributed by atoms with Gasteiger partial charge < -0.3 is 14.6 Å². The van der Waals surface area contributed by atoms with Crippen molar-refractivity contribution < 1.29 is 4.74 Å². The Balaban J connectivity index is 2.06. The van der Waals surface area contributed by atoms with E-state index in [2.05, 4.69) is 46.3 Å². The summed E-state index contributed by atoms with van der Waals surface area (Å²) in [6, 6.07) is 8.52. The number of aryl methyl sites for hydroxylation is 1. The van der Waals surface area contributed by atoms with Gasteiger partial charge in [-0.1, -0.05) is 18.2 Å². The first kappa shape index (κ1) is 14.6. The summed E-state index contributed by atoms with van der Waals surface area (Å²) >= 11 is 0. The van der Waals surface area contributed by atoms with Gasteiger partial charge in [-0.15, -0.1) is 12.3 Å². The molecule has 0 aliphatic rings. The van der Waals surface area contributed by atoms with E-state index in [9.17, 15) is 0 Å². The maximum Gasteiger partial charge on any atom is 0.0587 e. The van der Waals surface area contributed by atoms with Gasteiger partial charge in [0, 0.05) is 43.7 Å². The van der Waals surface area contributed by atoms with Gasteiger partial charge in [0.2, 0.25) is 0 Å². The average Bonchev–Trinajstić information content (AvgIpc) is 2.83. The van der Waals surface area contributed by atoms with E-state index in [0.29, 0.717) is 0 Å². The summed E-state index contributed by atoms with van der Waals surface area (Å²) in [7, 11) is 1.72. The number of ether oxygens (including phenoxy) is 1. The fraction of sp³-hybridized carbons (Fsp3) is 0.412. The van der Waals surface area contributed by atoms with Crippen molar-refractivity contribution in [2.24, 2.45) is 0 Å². The van der Waals surface area contributed by atoms with Crippen LogP contribution >= 0.6 is 0 Å². The molecule has 0 atom stereocenters. The largest absolute Gasteiger partial charge is 0.383 e. The molecule has 1 heterocycles. The maximum absolute atomic E-state index is 5.37. The Hall–Kier alpha value is -1.76. The van der Waals surface area contributed by atoms with Gasteiger partial charge in [-0.2, -0.15) is 0 Å². The number of hydrogen-bond donors (Lipinski definition) is 1. The summed E-state index contributed by atoms with van der Waals surface area (Å²) in [5.41, 5.74) is 2.65. The quantitative estimate of drug-likeness (QED) is 0.589. The molecule has 2 aromatic rings. The molecule has 3 heteroatoms. The van der Waals surface area contributed by atoms with Gasteiger partial charge in [-0.25, -0.2) is 0 Å². The molecule has 0 saturated carbocycles. The van der Waals surface area contributed by atoms with Crippen molar-refractivity contribution in [2.75, 3.05) is 26.8 Å². The second-order valence-electron chi connectivity index (χ2n) is 4.81. The smallest absolute Gasteiger partial charge is 0.0587 e. The Kier molecular flexibility index (Phi) is 5.67. The van der Waals surface area contributed by atoms with E-state index in [1.807, 2.05) is 0 Å². The van der Waals surface area contributed by atoms with Gasteiger partial charge in [-0.3, -0.25) is 0 Å². The molecule has 0 bridgehead atoms. The normalized spacial score (nSPS) is 10.8. The Morgan fingerprint density at radius 2 is 2.15 bits per heavy atom. The molecular weight excluding hydrogens is 248 g/mol. The summed E-state index contributed by atoms with van der Waals surface area (Å²) < 4.78 is 7.29. The van der Waals surface area contributed by atoms with Gasteiger partial charge >= 0.3 is 0 Å². The van der Waals surface area contributed by atoms with E-state index in [1.54, 1.807) is 7.11 Å². The number of hydrogen-bond acceptors (Lipinski definition) is 2. The summed E-state index contributed by atoms with van der Waals surface area (Å²) in [5.74, 6) is 2.71. The van der Waals surface area contributed by atoms with Gasteiger partial charge in [-0.05, 0) is 24.6 Å². The minimum Gasteiger partial charge on any atom is -0.383 e. The topological polar surface area (TPSA) is 26.2 Å². The molecule has 0 radical (unpaired) electrons. The highest BCUT2D eigenvalue weighted by molar-refractivity contribution is 5.84. The van der Waals surface area contributed by atoms with Gasteiger partial charge in [0.15, 0.2) is 0 Å². The third-order valence-corrected chi connectivity index (χ3v) is 3.42. The second kappa shape index (κ2) is 7.74. The van der Waals surface area contributed by atoms with Gasteiger partial charge in [0.1, 0.15) is 0 Å². The van der Waals surface area contributed by atoms with Crippen LogP contribution in [-0.2, 0) is 17.7 Å². The van der Waals surface area contributed by atoms with Crippen LogP contribution in [0, 0.1) is 12.3 Å². The SMILES string of the molecule is C#CCCn1cc(CCNCCOC)c2ccccc21. The van der Waals surface area contributed by atoms with Crippen molar-refractivity contribution >= 4 is 10.9 Å². The first-order valence-electron chi connectivity index (χ1n) is 7.06. The molecule has 20 heavy (non-hydrogen) atoms. The highest BCUT2D eigenvalue weighted by Gasteiger charge is 2.07. The predicted octanol–water partition coefficient (Wildman–Crippen LogP) is 2.44. The van der Waals surface area contributed by atoms with E-state index in [0.717, 1.165) is 39.1 Å². The van der Waals surface area contributed by atoms with E-state index >= 15 is 0 Å². The molecule has 0 aliphatic carbocycles. The first-order chi connectivity index (χ1) is 9.86. The molecule has 1 N–H and O–H groups in total. The predicted molar refractivity (Wildman–Crippen MR) is 83.8 cm³/mol. The van der Waals surface area contributed by atoms with Crippen molar-refractivity contribution in [1.82, 2.24) is 9.88 Å². The number of benzene rings is 1. The van der Waals surface area contributed by atoms with Crippen LogP contribution in [0.15, 0.2) is 30.5 Å². The van der Waals surface area contributed by atoms with Crippen LogP contribution in [0.25, 0.3) is 10.9 Å². The second-order valence-corrected chi connectivity index (χ2v) is 4.81. The number of terminal acetylenes is 1. The minimum atomic E-state index is 0.754. The molecule has 0 saturated heterocycles. The van der Waals surface area contributed by atoms with Crippen LogP contribution in [0.2, 0.25) is 0 Å². The summed E-state index contributed by atoms with van der Waals surface area (Å²) in [4.78, 5) is 0. The van der Waals surface area contributed by atoms with Crippen LogP contribution in [0.5, 0.6) is 0 Å². The van der Waals surface area contributed by atoms with Crippen molar-refractivity contribution in [1.29, 1.82) is 0 Å². The monoisotopic (exact) mass is 270 g/mol. The van der Waals surface area contributed by atoms with Crippen molar-refractivity contribution in [3.05, 3.63) is 36.0 Å². The zero-order valence-corrected chi connectivity index (χ0v) is 12.1. The molecule has 3 nitrogen and oxygen atoms in total. The first-order valence-corrected chi connectivity index (χ1v) is 7.06. The Morgan fingerprint density at radius 3 is 2.95 bits per heavy atom. The summed E-state index contributed by atoms with van der Waals surface area (Å²) in [5, 5.41) is 4.72. The van der Waals surface area contributed by atoms with Crippen LogP contribution in [-0.4, -0.2) is 31.4 Å². The Labute approximate surface area is 120 Å². The van der Waals surface area contributed by atoms with Crippen LogP contribution in [0.4, 0.5) is 0 Å². The lowest BCUT2D eigenvalue weighted by molar-refractivity contribution is 0.199. The fourth-order valence-electron chi connectivity index (χ4n) is 2.41. The fourth-order valence-corrected chi connectivity index (χ4v) is 2.41. The Morgan fingerprint density at radius 1 is 1.30 bits per heavy atom. The van der Waals surface area contributed by atoms with Gasteiger partial charge in [0.25, 0.3) is 0 Å². The molecule has 0 fully saturated rings. The molecule has 1 aromatic carbocycles. The average molecular weight is 270 g/mol. The molecule has 106 valence electrons. The molecule has 2 rings (SSSR count). The van der Waals surface area contributed by atoms with Crippen molar-refractivity contribution in [3.8, 4) is 12.3 Å². The lowest BCUT2D eigenvalue weighted by Crippen LogP contribution is -2.21. The van der Waals surface area contributed by atoms with E-state index in [1.165, 1.54) is 16.5 Å². The number of nitrogens with one attached hydrogen (secondary N) is 1. The third kappa shape index (κ3) is 3.63. The minimum absolute atomic E-state index is 0.754. The number of aromatic nitrogens is 1. The lowest BCUT2D eigenvalue weighted by atomic mass is 10.1. The standard InChI is InChI=1S/C17H22N2O/c1-3-4-12-19-14-15(9-10-18-11-13-20-2)16-7-5-6-8-17(16)19/h1,5-8,14,18H,4,9-13H2,2H3. The zero-order valence-electron chi connectivity index (χ0n) is 12.1. The molecular formula is C17H22N2O. The highest BCUT2D eigenvalue weighted by atomic mass is 16.5. The van der Waals surface area contributed by atoms with E-state index in [-0.39, 0.29) is 0 Å². The number of methoxy groups -OCH3 is 1. The maximum atomic E-state index is 5.37. The van der Waals surface area contributed by atoms with Crippen LogP contribution in [0.1, 0.15) is 12.0 Å². The molecule has 1 aromatic heterocycles. The van der Waals surface area contributed by atoms with Crippen LogP contribution < -0.4 is 5.32 Å². The molecule has 0 spiro atoms. The molecule has 0 unspecified atom stereocenters. The van der Waals surface area contributed by atoms with E-state index < -0.39 is 0 Å². The highest BCUT2D eigenvalue weighted by Crippen LogP contribution is 2.21. The number of nitrogens with zero attached hydrogens (tertiary/aromatic N) is 1. The number of para-hydroxylation sites is 1. The lowest BCUT2D eigenvalue weighted by Gasteiger charge is -2.03. The molecule has 0 aliphatic heterocycles. The summed E-state index contributed by atoms with van der Waals surface area (Å²) in [6.07, 6.45) is 9.39. The number of fused-ring (bicyclic) bond motifs is 1. The Bertz CT molecular complexity index is 580. The summed E-state index contributed by atoms with van der Waals surface area (Å²) in [6.45, 7) is 3.50. The third-order valence-electron chi connectivity index (χ3n) is 3.42. The van der Waals surface area contributed by atoms with Crippen molar-refractivity contribution in [3.63, 3.8) is 0 Å². The van der Waals surface area contributed by atoms with Crippen LogP contribution in [0.3, 0.4) is 0 Å². The molecule has 0 amide bonds. The number of rotatable bonds is 8. The van der Waals surface area contributed by atoms with E-state index in [4.69, 9.17) is 11.2 Å².